The molecule has 0 aromatic heterocycles. The van der Waals surface area contributed by atoms with Gasteiger partial charge in [-0.2, -0.15) is 0 Å². The molecule has 1 rings (SSSR count). The van der Waals surface area contributed by atoms with Crippen LogP contribution < -0.4 is 4.74 Å². The van der Waals surface area contributed by atoms with Crippen molar-refractivity contribution in [2.24, 2.45) is 0 Å². The Morgan fingerprint density at radius 2 is 2.00 bits per heavy atom. The van der Waals surface area contributed by atoms with Crippen LogP contribution in [0.15, 0.2) is 18.2 Å². The molecule has 0 amide bonds. The van der Waals surface area contributed by atoms with Gasteiger partial charge in [-0.05, 0) is 50.9 Å². The molecule has 0 aliphatic heterocycles. The summed E-state index contributed by atoms with van der Waals surface area (Å²) >= 11 is 0. The van der Waals surface area contributed by atoms with Crippen LogP contribution in [0.25, 0.3) is 0 Å². The summed E-state index contributed by atoms with van der Waals surface area (Å²) in [6.07, 6.45) is 1.97. The molecule has 0 heterocycles. The van der Waals surface area contributed by atoms with Gasteiger partial charge in [0.2, 0.25) is 0 Å². The highest BCUT2D eigenvalue weighted by Gasteiger charge is 2.15. The van der Waals surface area contributed by atoms with E-state index >= 15 is 0 Å². The fourth-order valence-electron chi connectivity index (χ4n) is 2.30. The summed E-state index contributed by atoms with van der Waals surface area (Å²) in [6, 6.07) is 6.38. The number of methoxy groups -OCH3 is 1. The average Bonchev–Trinajstić information content (AvgIpc) is 2.33. The Morgan fingerprint density at radius 3 is 2.53 bits per heavy atom. The third-order valence-electron chi connectivity index (χ3n) is 3.17. The van der Waals surface area contributed by atoms with Crippen molar-refractivity contribution in [2.45, 2.75) is 39.2 Å². The van der Waals surface area contributed by atoms with Gasteiger partial charge in [0, 0.05) is 13.1 Å². The second-order valence-electron chi connectivity index (χ2n) is 5.80. The number of aliphatic hydroxyl groups is 1. The number of nitrogens with zero attached hydrogens (tertiary/aromatic N) is 1. The van der Waals surface area contributed by atoms with Crippen LogP contribution >= 0.6 is 0 Å². The van der Waals surface area contributed by atoms with Crippen LogP contribution in [-0.4, -0.2) is 42.9 Å². The second-order valence-corrected chi connectivity index (χ2v) is 5.80. The third kappa shape index (κ3) is 5.62. The normalized spacial score (nSPS) is 11.9. The minimum atomic E-state index is -0.649. The molecule has 19 heavy (non-hydrogen) atoms. The van der Waals surface area contributed by atoms with E-state index in [0.717, 1.165) is 25.1 Å². The minimum absolute atomic E-state index is 0.649. The molecule has 0 bridgehead atoms. The lowest BCUT2D eigenvalue weighted by molar-refractivity contribution is 0.0449. The van der Waals surface area contributed by atoms with Crippen LogP contribution in [0.5, 0.6) is 5.75 Å². The fourth-order valence-corrected chi connectivity index (χ4v) is 2.30. The van der Waals surface area contributed by atoms with Crippen molar-refractivity contribution in [1.29, 1.82) is 0 Å². The lowest BCUT2D eigenvalue weighted by atomic mass is 10.0. The Kier molecular flexibility index (Phi) is 5.83. The van der Waals surface area contributed by atoms with Crippen molar-refractivity contribution in [3.05, 3.63) is 29.3 Å². The monoisotopic (exact) mass is 265 g/mol. The van der Waals surface area contributed by atoms with Gasteiger partial charge in [-0.25, -0.2) is 0 Å². The predicted octanol–water partition coefficient (Wildman–Crippen LogP) is 2.50. The van der Waals surface area contributed by atoms with Crippen molar-refractivity contribution in [2.75, 3.05) is 27.2 Å². The van der Waals surface area contributed by atoms with Gasteiger partial charge in [0.05, 0.1) is 12.7 Å². The van der Waals surface area contributed by atoms with Crippen LogP contribution in [0.1, 0.15) is 31.9 Å². The fraction of sp³-hybridized carbons (Fsp3) is 0.625. The van der Waals surface area contributed by atoms with E-state index in [1.54, 1.807) is 7.11 Å². The largest absolute Gasteiger partial charge is 0.496 e. The van der Waals surface area contributed by atoms with Gasteiger partial charge in [-0.15, -0.1) is 0 Å². The van der Waals surface area contributed by atoms with Crippen LogP contribution in [0.4, 0.5) is 0 Å². The van der Waals surface area contributed by atoms with Gasteiger partial charge in [0.25, 0.3) is 0 Å². The van der Waals surface area contributed by atoms with Crippen molar-refractivity contribution < 1.29 is 9.84 Å². The molecule has 0 radical (unpaired) electrons. The van der Waals surface area contributed by atoms with E-state index in [-0.39, 0.29) is 0 Å². The van der Waals surface area contributed by atoms with E-state index in [4.69, 9.17) is 4.74 Å². The Labute approximate surface area is 117 Å². The number of aryl methyl sites for hydroxylation is 1. The first-order valence-corrected chi connectivity index (χ1v) is 6.92. The van der Waals surface area contributed by atoms with E-state index < -0.39 is 5.60 Å². The lowest BCUT2D eigenvalue weighted by Crippen LogP contribution is -2.37. The zero-order valence-corrected chi connectivity index (χ0v) is 12.9. The lowest BCUT2D eigenvalue weighted by Gasteiger charge is -2.25. The van der Waals surface area contributed by atoms with Crippen molar-refractivity contribution in [3.8, 4) is 5.75 Å². The van der Waals surface area contributed by atoms with Gasteiger partial charge in [0.1, 0.15) is 5.75 Å². The molecule has 0 aliphatic carbocycles. The number of benzene rings is 1. The standard InChI is InChI=1S/C16H27NO2/c1-6-13-7-8-15(19-5)14(11-13)9-10-17(4)12-16(2,3)18/h7-8,11,18H,6,9-10,12H2,1-5H3. The smallest absolute Gasteiger partial charge is 0.122 e. The van der Waals surface area contributed by atoms with Crippen LogP contribution in [0.3, 0.4) is 0 Å². The summed E-state index contributed by atoms with van der Waals surface area (Å²) in [4.78, 5) is 2.15. The summed E-state index contributed by atoms with van der Waals surface area (Å²) in [6.45, 7) is 7.41. The summed E-state index contributed by atoms with van der Waals surface area (Å²) < 4.78 is 5.41. The topological polar surface area (TPSA) is 32.7 Å². The minimum Gasteiger partial charge on any atom is -0.496 e. The van der Waals surface area contributed by atoms with E-state index in [9.17, 15) is 5.11 Å². The molecule has 3 heteroatoms. The Morgan fingerprint density at radius 1 is 1.32 bits per heavy atom. The first kappa shape index (κ1) is 16.0. The molecule has 0 spiro atoms. The zero-order chi connectivity index (χ0) is 14.5. The summed E-state index contributed by atoms with van der Waals surface area (Å²) in [5.41, 5.74) is 1.93. The second kappa shape index (κ2) is 6.92. The summed E-state index contributed by atoms with van der Waals surface area (Å²) in [7, 11) is 3.75. The molecule has 1 aromatic rings. The van der Waals surface area contributed by atoms with E-state index in [0.29, 0.717) is 6.54 Å². The number of rotatable bonds is 7. The highest BCUT2D eigenvalue weighted by Crippen LogP contribution is 2.21. The maximum atomic E-state index is 9.80. The molecule has 1 N–H and O–H groups in total. The summed E-state index contributed by atoms with van der Waals surface area (Å²) in [5.74, 6) is 0.953. The molecule has 0 saturated carbocycles. The molecular formula is C16H27NO2. The van der Waals surface area contributed by atoms with Gasteiger partial charge < -0.3 is 14.7 Å². The Balaban J connectivity index is 2.65. The van der Waals surface area contributed by atoms with Gasteiger partial charge in [-0.3, -0.25) is 0 Å². The predicted molar refractivity (Wildman–Crippen MR) is 79.9 cm³/mol. The molecule has 0 saturated heterocycles. The number of hydrogen-bond acceptors (Lipinski definition) is 3. The number of hydrogen-bond donors (Lipinski definition) is 1. The van der Waals surface area contributed by atoms with E-state index in [1.807, 2.05) is 27.0 Å². The molecule has 3 nitrogen and oxygen atoms in total. The highest BCUT2D eigenvalue weighted by atomic mass is 16.5. The molecule has 0 aliphatic rings. The van der Waals surface area contributed by atoms with Gasteiger partial charge in [0.15, 0.2) is 0 Å². The SMILES string of the molecule is CCc1ccc(OC)c(CCN(C)CC(C)(C)O)c1. The molecular weight excluding hydrogens is 238 g/mol. The van der Waals surface area contributed by atoms with Crippen LogP contribution in [0, 0.1) is 0 Å². The van der Waals surface area contributed by atoms with E-state index in [2.05, 4.69) is 24.0 Å². The van der Waals surface area contributed by atoms with Gasteiger partial charge >= 0.3 is 0 Å². The number of ether oxygens (including phenoxy) is 1. The molecule has 108 valence electrons. The summed E-state index contributed by atoms with van der Waals surface area (Å²) in [5, 5.41) is 9.80. The van der Waals surface area contributed by atoms with Crippen molar-refractivity contribution in [3.63, 3.8) is 0 Å². The first-order valence-electron chi connectivity index (χ1n) is 6.92. The maximum Gasteiger partial charge on any atom is 0.122 e. The highest BCUT2D eigenvalue weighted by molar-refractivity contribution is 5.37. The van der Waals surface area contributed by atoms with Gasteiger partial charge in [-0.1, -0.05) is 19.1 Å². The average molecular weight is 265 g/mol. The maximum absolute atomic E-state index is 9.80. The third-order valence-corrected chi connectivity index (χ3v) is 3.17. The molecule has 0 atom stereocenters. The van der Waals surface area contributed by atoms with Crippen molar-refractivity contribution >= 4 is 0 Å². The van der Waals surface area contributed by atoms with Crippen LogP contribution in [-0.2, 0) is 12.8 Å². The molecule has 0 unspecified atom stereocenters. The molecule has 0 fully saturated rings. The molecule has 1 aromatic carbocycles. The Bertz CT molecular complexity index is 396. The van der Waals surface area contributed by atoms with Crippen molar-refractivity contribution in [1.82, 2.24) is 4.90 Å². The zero-order valence-electron chi connectivity index (χ0n) is 12.9. The number of likely N-dealkylation sites (N-methyl/N-ethyl adjacent to an activating group) is 1. The van der Waals surface area contributed by atoms with Crippen LogP contribution in [0.2, 0.25) is 0 Å². The van der Waals surface area contributed by atoms with E-state index in [1.165, 1.54) is 11.1 Å². The Hall–Kier alpha value is -1.06. The first-order chi connectivity index (χ1) is 8.85. The quantitative estimate of drug-likeness (QED) is 0.822.